The van der Waals surface area contributed by atoms with Gasteiger partial charge in [-0.15, -0.1) is 5.10 Å². The van der Waals surface area contributed by atoms with Crippen molar-refractivity contribution in [2.75, 3.05) is 23.3 Å². The van der Waals surface area contributed by atoms with Crippen LogP contribution in [0.25, 0.3) is 5.65 Å². The van der Waals surface area contributed by atoms with Gasteiger partial charge in [0, 0.05) is 37.1 Å². The van der Waals surface area contributed by atoms with E-state index in [9.17, 15) is 22.0 Å². The highest BCUT2D eigenvalue weighted by atomic mass is 19.4. The third-order valence-corrected chi connectivity index (χ3v) is 6.14. The van der Waals surface area contributed by atoms with Gasteiger partial charge in [0.25, 0.3) is 0 Å². The Labute approximate surface area is 184 Å². The normalized spacial score (nSPS) is 23.2. The van der Waals surface area contributed by atoms with E-state index < -0.39 is 18.0 Å². The number of hydrogen-bond donors (Lipinski definition) is 1. The van der Waals surface area contributed by atoms with Gasteiger partial charge < -0.3 is 15.0 Å². The predicted molar refractivity (Wildman–Crippen MR) is 107 cm³/mol. The third-order valence-electron chi connectivity index (χ3n) is 6.14. The first-order valence-electron chi connectivity index (χ1n) is 10.4. The summed E-state index contributed by atoms with van der Waals surface area (Å²) in [5.74, 6) is 0.856. The van der Waals surface area contributed by atoms with Gasteiger partial charge in [0.2, 0.25) is 5.95 Å². The first-order chi connectivity index (χ1) is 15.6. The molecule has 0 radical (unpaired) electrons. The molecule has 0 aromatic carbocycles. The zero-order valence-corrected chi connectivity index (χ0v) is 17.4. The fourth-order valence-electron chi connectivity index (χ4n) is 4.63. The number of anilines is 2. The number of pyridine rings is 1. The summed E-state index contributed by atoms with van der Waals surface area (Å²) in [6, 6.07) is 4.25. The van der Waals surface area contributed by atoms with Gasteiger partial charge in [0.1, 0.15) is 12.1 Å². The lowest BCUT2D eigenvalue weighted by molar-refractivity contribution is -0.360. The van der Waals surface area contributed by atoms with Crippen molar-refractivity contribution < 1.29 is 26.7 Å². The molecule has 3 atom stereocenters. The van der Waals surface area contributed by atoms with Crippen molar-refractivity contribution in [2.45, 2.75) is 38.1 Å². The van der Waals surface area contributed by atoms with E-state index >= 15 is 0 Å². The number of nitrogens with zero attached hydrogens (tertiary/aromatic N) is 6. The Morgan fingerprint density at radius 1 is 1.09 bits per heavy atom. The molecule has 176 valence electrons. The molecule has 13 heteroatoms. The number of aryl methyl sites for hydroxylation is 1. The Kier molecular flexibility index (Phi) is 5.01. The van der Waals surface area contributed by atoms with Crippen LogP contribution in [0.5, 0.6) is 5.75 Å². The van der Waals surface area contributed by atoms with E-state index in [0.29, 0.717) is 0 Å². The molecular weight excluding hydrogens is 449 g/mol. The molecule has 1 saturated carbocycles. The van der Waals surface area contributed by atoms with Gasteiger partial charge in [-0.05, 0) is 43.7 Å². The molecule has 2 bridgehead atoms. The molecule has 4 heterocycles. The van der Waals surface area contributed by atoms with E-state index in [1.54, 1.807) is 6.33 Å². The lowest BCUT2D eigenvalue weighted by Gasteiger charge is -2.38. The van der Waals surface area contributed by atoms with Crippen molar-refractivity contribution in [3.8, 4) is 5.75 Å². The molecule has 1 aliphatic carbocycles. The van der Waals surface area contributed by atoms with E-state index in [2.05, 4.69) is 35.0 Å². The van der Waals surface area contributed by atoms with E-state index in [4.69, 9.17) is 0 Å². The van der Waals surface area contributed by atoms with E-state index in [1.807, 2.05) is 13.0 Å². The molecule has 2 unspecified atom stereocenters. The van der Waals surface area contributed by atoms with Crippen LogP contribution >= 0.6 is 0 Å². The van der Waals surface area contributed by atoms with Gasteiger partial charge in [-0.3, -0.25) is 0 Å². The van der Waals surface area contributed by atoms with Crippen molar-refractivity contribution in [2.24, 2.45) is 11.8 Å². The summed E-state index contributed by atoms with van der Waals surface area (Å²) in [5.41, 5.74) is 0.654. The lowest BCUT2D eigenvalue weighted by Crippen LogP contribution is -2.48. The minimum Gasteiger partial charge on any atom is -0.422 e. The highest BCUT2D eigenvalue weighted by molar-refractivity contribution is 5.56. The molecule has 3 aromatic heterocycles. The van der Waals surface area contributed by atoms with Crippen molar-refractivity contribution in [3.05, 3.63) is 36.4 Å². The Bertz CT molecular complexity index is 1150. The number of fused-ring (bicyclic) bond motifs is 3. The molecular formula is C20H20F5N7O. The molecule has 2 fully saturated rings. The van der Waals surface area contributed by atoms with E-state index in [0.717, 1.165) is 48.0 Å². The summed E-state index contributed by atoms with van der Waals surface area (Å²) in [4.78, 5) is 14.9. The van der Waals surface area contributed by atoms with Crippen LogP contribution in [0.15, 0.2) is 30.7 Å². The molecule has 3 aromatic rings. The number of piperidine rings is 1. The average molecular weight is 469 g/mol. The summed E-state index contributed by atoms with van der Waals surface area (Å²) in [6.45, 7) is 3.44. The Morgan fingerprint density at radius 2 is 1.82 bits per heavy atom. The first kappa shape index (κ1) is 21.6. The highest BCUT2D eigenvalue weighted by Crippen LogP contribution is 2.40. The number of ether oxygens (including phenoxy) is 1. The fraction of sp³-hybridized carbons (Fsp3) is 0.500. The second-order valence-corrected chi connectivity index (χ2v) is 8.38. The maximum absolute atomic E-state index is 13.4. The Hall–Kier alpha value is -3.25. The lowest BCUT2D eigenvalue weighted by atomic mass is 9.92. The standard InChI is InChI=1S/C20H20F5N7O/c1-11-7-15(27-10-26-11)31-8-12-4-5-13(9-31)16(12)28-18-29-17-14(3-2-6-32(17)30-18)33-20(24,25)19(21,22)23/h2-3,6-7,10,12-13,16H,4-5,8-9H2,1H3,(H,28,30)/t12-,13?,16?/m0/s1. The Morgan fingerprint density at radius 3 is 2.48 bits per heavy atom. The number of hydrogen-bond acceptors (Lipinski definition) is 7. The quantitative estimate of drug-likeness (QED) is 0.571. The van der Waals surface area contributed by atoms with Crippen LogP contribution in [0.1, 0.15) is 18.5 Å². The second-order valence-electron chi connectivity index (χ2n) is 8.38. The van der Waals surface area contributed by atoms with Crippen LogP contribution in [0, 0.1) is 18.8 Å². The number of rotatable bonds is 5. The van der Waals surface area contributed by atoms with Gasteiger partial charge in [0.15, 0.2) is 11.4 Å². The van der Waals surface area contributed by atoms with Gasteiger partial charge in [-0.25, -0.2) is 14.5 Å². The van der Waals surface area contributed by atoms with Crippen LogP contribution in [-0.2, 0) is 0 Å². The van der Waals surface area contributed by atoms with Gasteiger partial charge in [0.05, 0.1) is 0 Å². The predicted octanol–water partition coefficient (Wildman–Crippen LogP) is 3.69. The maximum atomic E-state index is 13.4. The monoisotopic (exact) mass is 469 g/mol. The van der Waals surface area contributed by atoms with Crippen molar-refractivity contribution in [1.82, 2.24) is 24.6 Å². The van der Waals surface area contributed by atoms with Gasteiger partial charge in [-0.1, -0.05) is 0 Å². The van der Waals surface area contributed by atoms with Gasteiger partial charge >= 0.3 is 12.3 Å². The van der Waals surface area contributed by atoms with Crippen molar-refractivity contribution in [1.29, 1.82) is 0 Å². The average Bonchev–Trinajstić information content (AvgIpc) is 3.24. The summed E-state index contributed by atoms with van der Waals surface area (Å²) >= 11 is 0. The molecule has 1 N–H and O–H groups in total. The van der Waals surface area contributed by atoms with Crippen molar-refractivity contribution >= 4 is 17.4 Å². The van der Waals surface area contributed by atoms with Crippen LogP contribution in [0.3, 0.4) is 0 Å². The van der Waals surface area contributed by atoms with Crippen LogP contribution < -0.4 is 15.0 Å². The van der Waals surface area contributed by atoms with E-state index in [-0.39, 0.29) is 29.5 Å². The molecule has 1 saturated heterocycles. The smallest absolute Gasteiger partial charge is 0.422 e. The molecule has 8 nitrogen and oxygen atoms in total. The molecule has 0 amide bonds. The minimum atomic E-state index is -5.85. The summed E-state index contributed by atoms with van der Waals surface area (Å²) < 4.78 is 69.6. The third kappa shape index (κ3) is 4.00. The number of alkyl halides is 5. The Balaban J connectivity index is 1.34. The molecule has 5 rings (SSSR count). The minimum absolute atomic E-state index is 0.0441. The van der Waals surface area contributed by atoms with Crippen molar-refractivity contribution in [3.63, 3.8) is 0 Å². The van der Waals surface area contributed by atoms with Crippen LogP contribution in [0.2, 0.25) is 0 Å². The summed E-state index contributed by atoms with van der Waals surface area (Å²) in [7, 11) is 0. The second kappa shape index (κ2) is 7.66. The number of aromatic nitrogens is 5. The molecule has 0 spiro atoms. The first-order valence-corrected chi connectivity index (χ1v) is 10.4. The SMILES string of the molecule is Cc1cc(N2CC3CC[C@@H](C2)C3Nc2nc3c(OC(F)(F)C(F)(F)F)cccn3n2)ncn1. The topological polar surface area (TPSA) is 80.5 Å². The summed E-state index contributed by atoms with van der Waals surface area (Å²) in [5, 5.41) is 7.47. The molecule has 1 aliphatic heterocycles. The maximum Gasteiger partial charge on any atom is 0.499 e. The zero-order chi connectivity index (χ0) is 23.4. The van der Waals surface area contributed by atoms with Crippen LogP contribution in [-0.4, -0.2) is 56.0 Å². The molecule has 2 aliphatic rings. The highest BCUT2D eigenvalue weighted by Gasteiger charge is 2.61. The fourth-order valence-corrected chi connectivity index (χ4v) is 4.63. The summed E-state index contributed by atoms with van der Waals surface area (Å²) in [6.07, 6.45) is -6.28. The van der Waals surface area contributed by atoms with Gasteiger partial charge in [-0.2, -0.15) is 26.9 Å². The zero-order valence-electron chi connectivity index (χ0n) is 17.4. The largest absolute Gasteiger partial charge is 0.499 e. The van der Waals surface area contributed by atoms with Crippen LogP contribution in [0.4, 0.5) is 33.7 Å². The number of halogens is 5. The molecule has 33 heavy (non-hydrogen) atoms. The number of nitrogens with one attached hydrogen (secondary N) is 1. The van der Waals surface area contributed by atoms with E-state index in [1.165, 1.54) is 12.3 Å².